The SMILES string of the molecule is C1=CC[C]([Zr+2]([CH]2c3ccccc3-c3ccccc32)[SiH](c2ccccc2)c2ccccc2)=C1.[F-].[F-]. The Kier molecular flexibility index (Phi) is 7.70. The van der Waals surface area contributed by atoms with Crippen LogP contribution in [0.1, 0.15) is 21.2 Å². The van der Waals surface area contributed by atoms with Crippen LogP contribution in [0, 0.1) is 0 Å². The van der Waals surface area contributed by atoms with Gasteiger partial charge in [0.1, 0.15) is 0 Å². The number of hydrogen-bond acceptors (Lipinski definition) is 0. The molecule has 4 aromatic rings. The summed E-state index contributed by atoms with van der Waals surface area (Å²) in [6.07, 6.45) is 8.33. The van der Waals surface area contributed by atoms with Crippen LogP contribution in [0.3, 0.4) is 0 Å². The van der Waals surface area contributed by atoms with Crippen molar-refractivity contribution in [3.05, 3.63) is 142 Å². The van der Waals surface area contributed by atoms with E-state index in [9.17, 15) is 0 Å². The van der Waals surface area contributed by atoms with Crippen LogP contribution in [0.25, 0.3) is 11.1 Å². The van der Waals surface area contributed by atoms with Crippen LogP contribution >= 0.6 is 0 Å². The number of benzene rings is 4. The van der Waals surface area contributed by atoms with Crippen molar-refractivity contribution in [2.45, 2.75) is 10.0 Å². The molecule has 167 valence electrons. The molecule has 0 atom stereocenters. The van der Waals surface area contributed by atoms with Crippen molar-refractivity contribution in [3.8, 4) is 11.1 Å². The van der Waals surface area contributed by atoms with Crippen molar-refractivity contribution in [2.24, 2.45) is 0 Å². The molecule has 0 saturated heterocycles. The molecule has 0 heterocycles. The summed E-state index contributed by atoms with van der Waals surface area (Å²) in [7, 11) is 0. The van der Waals surface area contributed by atoms with Crippen molar-refractivity contribution in [3.63, 3.8) is 0 Å². The number of fused-ring (bicyclic) bond motifs is 3. The van der Waals surface area contributed by atoms with Crippen LogP contribution < -0.4 is 19.8 Å². The molecule has 4 aromatic carbocycles. The minimum absolute atomic E-state index is 0. The minimum atomic E-state index is -2.25. The maximum absolute atomic E-state index is 2.49. The van der Waals surface area contributed by atoms with Gasteiger partial charge in [0.15, 0.2) is 0 Å². The van der Waals surface area contributed by atoms with E-state index in [4.69, 9.17) is 0 Å². The normalized spacial score (nSPS) is 13.5. The maximum atomic E-state index is 2.49. The van der Waals surface area contributed by atoms with Gasteiger partial charge in [0.05, 0.1) is 0 Å². The standard InChI is InChI=1S/C13H9.C12H11Si.C5H5.2FH.Zr/c1-3-7-12-10(5-1)9-11-6-2-4-8-13(11)12;1-3-7-11(8-4-1)13-12-9-5-2-6-10-12;1-2-4-5-3-1;;;/h1-9H;1-10,13H;1-3H,4H2;2*1H;/q;;;;;+2/p-2. The second-order valence-corrected chi connectivity index (χ2v) is 24.0. The molecule has 0 unspecified atom stereocenters. The number of rotatable bonds is 5. The Hall–Kier alpha value is -2.68. The monoisotopic (exact) mass is 541 g/mol. The summed E-state index contributed by atoms with van der Waals surface area (Å²) in [5.74, 6) is -1.40. The maximum Gasteiger partial charge on any atom is -1.00 e. The second kappa shape index (κ2) is 10.7. The fourth-order valence-corrected chi connectivity index (χ4v) is 30.6. The summed E-state index contributed by atoms with van der Waals surface area (Å²) in [4.78, 5) is 0. The molecule has 0 N–H and O–H groups in total. The van der Waals surface area contributed by atoms with Crippen LogP contribution in [0.15, 0.2) is 131 Å². The third-order valence-electron chi connectivity index (χ3n) is 6.86. The Morgan fingerprint density at radius 3 is 1.53 bits per heavy atom. The summed E-state index contributed by atoms with van der Waals surface area (Å²) < 4.78 is 2.38. The Morgan fingerprint density at radius 1 is 0.588 bits per heavy atom. The largest absolute Gasteiger partial charge is 1.00 e. The van der Waals surface area contributed by atoms with Gasteiger partial charge in [-0.25, -0.2) is 0 Å². The molecule has 0 bridgehead atoms. The van der Waals surface area contributed by atoms with E-state index in [0.29, 0.717) is 3.63 Å². The van der Waals surface area contributed by atoms with E-state index in [2.05, 4.69) is 127 Å². The van der Waals surface area contributed by atoms with E-state index >= 15 is 0 Å². The molecule has 6 rings (SSSR count). The first-order valence-electron chi connectivity index (χ1n) is 11.4. The smallest absolute Gasteiger partial charge is 1.00 e. The second-order valence-electron chi connectivity index (χ2n) is 8.64. The van der Waals surface area contributed by atoms with Crippen molar-refractivity contribution < 1.29 is 30.3 Å². The Bertz CT molecular complexity index is 1230. The van der Waals surface area contributed by atoms with Crippen molar-refractivity contribution in [1.82, 2.24) is 0 Å². The summed E-state index contributed by atoms with van der Waals surface area (Å²) in [6, 6.07) is 41.4. The zero-order valence-corrected chi connectivity index (χ0v) is 22.4. The first-order valence-corrected chi connectivity index (χ1v) is 20.1. The Balaban J connectivity index is 0.00000137. The molecule has 2 aliphatic rings. The fraction of sp³-hybridized carbons (Fsp3) is 0.0667. The first kappa shape index (κ1) is 24.4. The Labute approximate surface area is 208 Å². The van der Waals surface area contributed by atoms with Crippen LogP contribution in [0.5, 0.6) is 0 Å². The summed E-state index contributed by atoms with van der Waals surface area (Å²) >= 11 is -2.25. The van der Waals surface area contributed by atoms with E-state index < -0.39 is 26.8 Å². The average Bonchev–Trinajstić information content (AvgIpc) is 3.51. The molecule has 0 spiro atoms. The first-order chi connectivity index (χ1) is 15.9. The van der Waals surface area contributed by atoms with E-state index in [1.54, 1.807) is 24.8 Å². The van der Waals surface area contributed by atoms with Crippen molar-refractivity contribution in [2.75, 3.05) is 0 Å². The number of hydrogen-bond donors (Lipinski definition) is 0. The van der Waals surface area contributed by atoms with Gasteiger partial charge in [-0.15, -0.1) is 0 Å². The Morgan fingerprint density at radius 2 is 1.06 bits per heavy atom. The number of halogens is 2. The van der Waals surface area contributed by atoms with Crippen LogP contribution in [-0.4, -0.2) is 5.92 Å². The van der Waals surface area contributed by atoms with E-state index in [0.717, 1.165) is 6.42 Å². The van der Waals surface area contributed by atoms with Gasteiger partial charge < -0.3 is 9.41 Å². The van der Waals surface area contributed by atoms with Crippen molar-refractivity contribution in [1.29, 1.82) is 0 Å². The third-order valence-corrected chi connectivity index (χ3v) is 29.0. The van der Waals surface area contributed by atoms with E-state index in [1.807, 2.05) is 0 Å². The molecular weight excluding hydrogens is 518 g/mol. The predicted molar refractivity (Wildman–Crippen MR) is 135 cm³/mol. The van der Waals surface area contributed by atoms with E-state index in [-0.39, 0.29) is 9.41 Å². The molecule has 0 saturated carbocycles. The zero-order valence-electron chi connectivity index (χ0n) is 18.7. The minimum Gasteiger partial charge on any atom is -1.00 e. The van der Waals surface area contributed by atoms with Crippen molar-refractivity contribution >= 4 is 16.3 Å². The van der Waals surface area contributed by atoms with Gasteiger partial charge in [0, 0.05) is 0 Å². The molecule has 0 amide bonds. The zero-order chi connectivity index (χ0) is 21.3. The van der Waals surface area contributed by atoms with Gasteiger partial charge in [-0.3, -0.25) is 0 Å². The van der Waals surface area contributed by atoms with Crippen LogP contribution in [-0.2, 0) is 20.9 Å². The van der Waals surface area contributed by atoms with Gasteiger partial charge >= 0.3 is 200 Å². The molecule has 34 heavy (non-hydrogen) atoms. The molecule has 0 aromatic heterocycles. The van der Waals surface area contributed by atoms with Crippen LogP contribution in [0.2, 0.25) is 0 Å². The van der Waals surface area contributed by atoms with Gasteiger partial charge in [-0.05, 0) is 0 Å². The quantitative estimate of drug-likeness (QED) is 0.306. The molecule has 4 heteroatoms. The average molecular weight is 543 g/mol. The fourth-order valence-electron chi connectivity index (χ4n) is 5.53. The number of allylic oxidation sites excluding steroid dienone is 4. The third kappa shape index (κ3) is 4.26. The molecule has 2 aliphatic carbocycles. The van der Waals surface area contributed by atoms with Crippen LogP contribution in [0.4, 0.5) is 0 Å². The summed E-state index contributed by atoms with van der Waals surface area (Å²) in [6.45, 7) is 0. The summed E-state index contributed by atoms with van der Waals surface area (Å²) in [5, 5.41) is 3.23. The molecule has 0 fully saturated rings. The predicted octanol–water partition coefficient (Wildman–Crippen LogP) is -0.235. The van der Waals surface area contributed by atoms with E-state index in [1.165, 1.54) is 11.1 Å². The topological polar surface area (TPSA) is 0 Å². The molecule has 0 aliphatic heterocycles. The molecule has 0 radical (unpaired) electrons. The van der Waals surface area contributed by atoms with Gasteiger partial charge in [0.25, 0.3) is 0 Å². The summed E-state index contributed by atoms with van der Waals surface area (Å²) in [5.41, 5.74) is 6.10. The van der Waals surface area contributed by atoms with Gasteiger partial charge in [-0.1, -0.05) is 0 Å². The molecular formula is C30H25F2SiZr. The van der Waals surface area contributed by atoms with Gasteiger partial charge in [-0.2, -0.15) is 0 Å². The molecule has 0 nitrogen and oxygen atoms in total. The van der Waals surface area contributed by atoms with Gasteiger partial charge in [0.2, 0.25) is 0 Å².